The van der Waals surface area contributed by atoms with E-state index >= 15 is 0 Å². The summed E-state index contributed by atoms with van der Waals surface area (Å²) < 4.78 is 1.97. The number of unbranched alkanes of at least 4 members (excludes halogenated alkanes) is 1. The van der Waals surface area contributed by atoms with Crippen LogP contribution in [-0.4, -0.2) is 48.6 Å². The molecule has 1 atom stereocenters. The van der Waals surface area contributed by atoms with Gasteiger partial charge in [-0.1, -0.05) is 0 Å². The van der Waals surface area contributed by atoms with E-state index in [4.69, 9.17) is 16.6 Å². The summed E-state index contributed by atoms with van der Waals surface area (Å²) in [6.07, 6.45) is 3.88. The van der Waals surface area contributed by atoms with Crippen LogP contribution in [0.3, 0.4) is 0 Å². The van der Waals surface area contributed by atoms with E-state index in [0.29, 0.717) is 16.3 Å². The number of fused-ring (bicyclic) bond motifs is 1. The minimum Gasteiger partial charge on any atom is -0.481 e. The smallest absolute Gasteiger partial charge is 0.326 e. The second-order valence-electron chi connectivity index (χ2n) is 7.23. The van der Waals surface area contributed by atoms with Gasteiger partial charge in [-0.2, -0.15) is 9.97 Å². The number of amides is 1. The number of carboxylic acids is 2. The summed E-state index contributed by atoms with van der Waals surface area (Å²) in [5.74, 6) is -2.41. The van der Waals surface area contributed by atoms with Gasteiger partial charge < -0.3 is 31.6 Å². The highest BCUT2D eigenvalue weighted by atomic mass is 32.1. The van der Waals surface area contributed by atoms with Crippen molar-refractivity contribution in [3.8, 4) is 0 Å². The fourth-order valence-corrected chi connectivity index (χ4v) is 4.21. The van der Waals surface area contributed by atoms with Crippen molar-refractivity contribution < 1.29 is 24.6 Å². The van der Waals surface area contributed by atoms with Gasteiger partial charge in [0.25, 0.3) is 5.91 Å². The molecule has 0 spiro atoms. The summed E-state index contributed by atoms with van der Waals surface area (Å²) in [6.45, 7) is 0.724. The number of anilines is 2. The Labute approximate surface area is 187 Å². The van der Waals surface area contributed by atoms with Gasteiger partial charge in [0.05, 0.1) is 10.3 Å². The monoisotopic (exact) mass is 460 g/mol. The zero-order valence-corrected chi connectivity index (χ0v) is 18.0. The number of hydrogen-bond donors (Lipinski definition) is 5. The number of hydrogen-bond acceptors (Lipinski definition) is 8. The first-order valence-corrected chi connectivity index (χ1v) is 10.8. The standard InChI is InChI=1S/C20H24N6O5S/c21-16-12-8-10-26(17(12)25-20(22)24-16)9-2-1-3-11-4-6-14(32-11)18(29)23-13(19(30)31)5-7-15(27)28/h4,6,8,10,13H,1-3,5,7,9H2,(H,23,29)(H,27,28)(H,30,31)(H4,21,22,24,25)/t13-/m0/s1. The predicted octanol–water partition coefficient (Wildman–Crippen LogP) is 1.73. The molecule has 1 amide bonds. The third kappa shape index (κ3) is 5.72. The first-order valence-electron chi connectivity index (χ1n) is 9.96. The molecule has 12 heteroatoms. The van der Waals surface area contributed by atoms with Crippen molar-refractivity contribution >= 4 is 52.0 Å². The molecule has 0 aliphatic carbocycles. The Balaban J connectivity index is 1.50. The molecule has 0 unspecified atom stereocenters. The van der Waals surface area contributed by atoms with Crippen LogP contribution in [0.5, 0.6) is 0 Å². The molecule has 0 fully saturated rings. The average Bonchev–Trinajstić information content (AvgIpc) is 3.35. The highest BCUT2D eigenvalue weighted by Crippen LogP contribution is 2.22. The number of nitrogens with zero attached hydrogens (tertiary/aromatic N) is 3. The van der Waals surface area contributed by atoms with E-state index in [1.165, 1.54) is 11.3 Å². The van der Waals surface area contributed by atoms with E-state index in [9.17, 15) is 19.5 Å². The molecule has 0 radical (unpaired) electrons. The van der Waals surface area contributed by atoms with Gasteiger partial charge in [-0.15, -0.1) is 11.3 Å². The molecule has 0 aliphatic heterocycles. The average molecular weight is 461 g/mol. The SMILES string of the molecule is Nc1nc(N)c2ccn(CCCCc3ccc(C(=O)N[C@@H](CCC(=O)O)C(=O)O)s3)c2n1. The molecule has 3 aromatic heterocycles. The first-order chi connectivity index (χ1) is 15.2. The topological polar surface area (TPSA) is 186 Å². The summed E-state index contributed by atoms with van der Waals surface area (Å²) in [5.41, 5.74) is 12.2. The highest BCUT2D eigenvalue weighted by molar-refractivity contribution is 7.14. The van der Waals surface area contributed by atoms with Crippen molar-refractivity contribution in [3.63, 3.8) is 0 Å². The van der Waals surface area contributed by atoms with Gasteiger partial charge in [-0.25, -0.2) is 4.79 Å². The summed E-state index contributed by atoms with van der Waals surface area (Å²) >= 11 is 1.29. The summed E-state index contributed by atoms with van der Waals surface area (Å²) in [4.78, 5) is 43.8. The van der Waals surface area contributed by atoms with E-state index in [2.05, 4.69) is 15.3 Å². The number of thiophene rings is 1. The number of aliphatic carboxylic acids is 2. The molecule has 0 saturated heterocycles. The van der Waals surface area contributed by atoms with Crippen LogP contribution in [-0.2, 0) is 22.6 Å². The number of aryl methyl sites for hydroxylation is 2. The van der Waals surface area contributed by atoms with Crippen LogP contribution in [0.15, 0.2) is 24.4 Å². The number of aromatic nitrogens is 3. The van der Waals surface area contributed by atoms with Crippen LogP contribution in [0.25, 0.3) is 11.0 Å². The molecule has 7 N–H and O–H groups in total. The zero-order valence-electron chi connectivity index (χ0n) is 17.2. The third-order valence-electron chi connectivity index (χ3n) is 4.87. The van der Waals surface area contributed by atoms with Gasteiger partial charge in [0, 0.05) is 24.0 Å². The lowest BCUT2D eigenvalue weighted by atomic mass is 10.1. The zero-order chi connectivity index (χ0) is 23.3. The van der Waals surface area contributed by atoms with Gasteiger partial charge >= 0.3 is 11.9 Å². The third-order valence-corrected chi connectivity index (χ3v) is 6.02. The predicted molar refractivity (Wildman–Crippen MR) is 119 cm³/mol. The minimum atomic E-state index is -1.26. The second-order valence-corrected chi connectivity index (χ2v) is 8.40. The molecular weight excluding hydrogens is 436 g/mol. The lowest BCUT2D eigenvalue weighted by Gasteiger charge is -2.12. The molecule has 0 aliphatic rings. The van der Waals surface area contributed by atoms with Crippen molar-refractivity contribution in [3.05, 3.63) is 34.2 Å². The Bertz CT molecular complexity index is 1140. The van der Waals surface area contributed by atoms with Crippen molar-refractivity contribution in [1.29, 1.82) is 0 Å². The van der Waals surface area contributed by atoms with Crippen molar-refractivity contribution in [2.24, 2.45) is 0 Å². The van der Waals surface area contributed by atoms with Crippen LogP contribution >= 0.6 is 11.3 Å². The van der Waals surface area contributed by atoms with E-state index in [0.717, 1.165) is 36.1 Å². The van der Waals surface area contributed by atoms with Gasteiger partial charge in [-0.05, 0) is 43.9 Å². The summed E-state index contributed by atoms with van der Waals surface area (Å²) in [5, 5.41) is 21.0. The van der Waals surface area contributed by atoms with Gasteiger partial charge in [0.2, 0.25) is 5.95 Å². The first kappa shape index (κ1) is 23.0. The molecule has 11 nitrogen and oxygen atoms in total. The van der Waals surface area contributed by atoms with Crippen LogP contribution in [0, 0.1) is 0 Å². The Morgan fingerprint density at radius 2 is 1.91 bits per heavy atom. The van der Waals surface area contributed by atoms with E-state index < -0.39 is 23.9 Å². The summed E-state index contributed by atoms with van der Waals surface area (Å²) in [6, 6.07) is 4.10. The maximum absolute atomic E-state index is 12.3. The number of nitrogens with one attached hydrogen (secondary N) is 1. The van der Waals surface area contributed by atoms with Crippen molar-refractivity contribution in [2.75, 3.05) is 11.5 Å². The number of nitrogen functional groups attached to an aromatic ring is 2. The molecule has 170 valence electrons. The molecule has 3 rings (SSSR count). The molecule has 3 aromatic rings. The maximum Gasteiger partial charge on any atom is 0.326 e. The Morgan fingerprint density at radius 3 is 2.62 bits per heavy atom. The van der Waals surface area contributed by atoms with Crippen molar-refractivity contribution in [2.45, 2.75) is 44.7 Å². The van der Waals surface area contributed by atoms with Gasteiger partial charge in [0.15, 0.2) is 0 Å². The molecule has 0 saturated carbocycles. The number of carbonyl (C=O) groups is 3. The molecule has 3 heterocycles. The fraction of sp³-hybridized carbons (Fsp3) is 0.350. The molecule has 32 heavy (non-hydrogen) atoms. The minimum absolute atomic E-state index is 0.132. The van der Waals surface area contributed by atoms with E-state index in [1.54, 1.807) is 6.07 Å². The van der Waals surface area contributed by atoms with Crippen LogP contribution < -0.4 is 16.8 Å². The number of rotatable bonds is 11. The lowest BCUT2D eigenvalue weighted by Crippen LogP contribution is -2.40. The van der Waals surface area contributed by atoms with Crippen LogP contribution in [0.4, 0.5) is 11.8 Å². The second kappa shape index (κ2) is 10.1. The number of carbonyl (C=O) groups excluding carboxylic acids is 1. The summed E-state index contributed by atoms with van der Waals surface area (Å²) in [7, 11) is 0. The van der Waals surface area contributed by atoms with E-state index in [1.807, 2.05) is 22.9 Å². The maximum atomic E-state index is 12.3. The quantitative estimate of drug-likeness (QED) is 0.266. The van der Waals surface area contributed by atoms with Crippen LogP contribution in [0.2, 0.25) is 0 Å². The molecular formula is C20H24N6O5S. The Kier molecular flexibility index (Phi) is 7.25. The molecule has 0 bridgehead atoms. The largest absolute Gasteiger partial charge is 0.481 e. The van der Waals surface area contributed by atoms with E-state index in [-0.39, 0.29) is 18.8 Å². The van der Waals surface area contributed by atoms with Gasteiger partial charge in [-0.3, -0.25) is 9.59 Å². The number of nitrogens with two attached hydrogens (primary N) is 2. The fourth-order valence-electron chi connectivity index (χ4n) is 3.26. The van der Waals surface area contributed by atoms with Gasteiger partial charge in [0.1, 0.15) is 17.5 Å². The normalized spacial score (nSPS) is 12.0. The Morgan fingerprint density at radius 1 is 1.12 bits per heavy atom. The van der Waals surface area contributed by atoms with Crippen molar-refractivity contribution in [1.82, 2.24) is 19.9 Å². The lowest BCUT2D eigenvalue weighted by molar-refractivity contribution is -0.140. The van der Waals surface area contributed by atoms with Crippen LogP contribution in [0.1, 0.15) is 40.2 Å². The highest BCUT2D eigenvalue weighted by Gasteiger charge is 2.22. The Hall–Kier alpha value is -3.67. The number of carboxylic acid groups (broad SMARTS) is 2. The molecule has 0 aromatic carbocycles.